The Balaban J connectivity index is 2.81. The maximum absolute atomic E-state index is 13.0. The predicted octanol–water partition coefficient (Wildman–Crippen LogP) is 3.29. The van der Waals surface area contributed by atoms with Gasteiger partial charge in [0, 0.05) is 12.0 Å². The van der Waals surface area contributed by atoms with Crippen LogP contribution in [-0.2, 0) is 0 Å². The van der Waals surface area contributed by atoms with Gasteiger partial charge in [0.25, 0.3) is 0 Å². The molecule has 1 heteroatoms. The molecular formula is C12H13F. The van der Waals surface area contributed by atoms with Crippen molar-refractivity contribution in [2.75, 3.05) is 0 Å². The Labute approximate surface area is 78.8 Å². The number of halogens is 1. The number of unbranched alkanes of at least 4 members (excludes halogenated alkanes) is 1. The van der Waals surface area contributed by atoms with E-state index in [0.29, 0.717) is 5.56 Å². The summed E-state index contributed by atoms with van der Waals surface area (Å²) >= 11 is 0. The number of hydrogen-bond donors (Lipinski definition) is 0. The van der Waals surface area contributed by atoms with Crippen LogP contribution in [0.5, 0.6) is 0 Å². The van der Waals surface area contributed by atoms with Gasteiger partial charge in [-0.25, -0.2) is 4.39 Å². The van der Waals surface area contributed by atoms with Gasteiger partial charge in [0.15, 0.2) is 0 Å². The molecule has 13 heavy (non-hydrogen) atoms. The Bertz CT molecular complexity index is 342. The average molecular weight is 176 g/mol. The highest BCUT2D eigenvalue weighted by Crippen LogP contribution is 2.07. The molecule has 0 aliphatic carbocycles. The third kappa shape index (κ3) is 2.91. The minimum absolute atomic E-state index is 0.178. The van der Waals surface area contributed by atoms with Crippen LogP contribution in [0, 0.1) is 24.6 Å². The smallest absolute Gasteiger partial charge is 0.127 e. The van der Waals surface area contributed by atoms with Crippen LogP contribution in [0.1, 0.15) is 30.9 Å². The third-order valence-electron chi connectivity index (χ3n) is 1.78. The molecule has 0 fully saturated rings. The summed E-state index contributed by atoms with van der Waals surface area (Å²) in [5.74, 6) is 5.73. The van der Waals surface area contributed by atoms with Gasteiger partial charge < -0.3 is 0 Å². The molecule has 1 aromatic rings. The summed E-state index contributed by atoms with van der Waals surface area (Å²) in [4.78, 5) is 0. The van der Waals surface area contributed by atoms with Crippen molar-refractivity contribution in [3.05, 3.63) is 35.1 Å². The molecule has 0 bridgehead atoms. The SMILES string of the molecule is CCCC#Cc1ccc(C)c(F)c1. The zero-order valence-corrected chi connectivity index (χ0v) is 8.02. The Morgan fingerprint density at radius 3 is 2.77 bits per heavy atom. The number of hydrogen-bond acceptors (Lipinski definition) is 0. The van der Waals surface area contributed by atoms with Crippen molar-refractivity contribution in [2.24, 2.45) is 0 Å². The Morgan fingerprint density at radius 2 is 2.15 bits per heavy atom. The molecule has 0 heterocycles. The zero-order chi connectivity index (χ0) is 9.68. The van der Waals surface area contributed by atoms with E-state index in [-0.39, 0.29) is 5.82 Å². The first-order chi connectivity index (χ1) is 6.24. The largest absolute Gasteiger partial charge is 0.207 e. The quantitative estimate of drug-likeness (QED) is 0.576. The minimum atomic E-state index is -0.178. The molecule has 68 valence electrons. The summed E-state index contributed by atoms with van der Waals surface area (Å²) in [5.41, 5.74) is 1.43. The number of aryl methyl sites for hydroxylation is 1. The van der Waals surface area contributed by atoms with Crippen LogP contribution in [0.3, 0.4) is 0 Å². The molecule has 1 rings (SSSR count). The maximum Gasteiger partial charge on any atom is 0.127 e. The van der Waals surface area contributed by atoms with E-state index in [9.17, 15) is 4.39 Å². The Morgan fingerprint density at radius 1 is 1.38 bits per heavy atom. The van der Waals surface area contributed by atoms with Crippen LogP contribution in [-0.4, -0.2) is 0 Å². The lowest BCUT2D eigenvalue weighted by molar-refractivity contribution is 0.618. The zero-order valence-electron chi connectivity index (χ0n) is 8.02. The average Bonchev–Trinajstić information content (AvgIpc) is 2.12. The second-order valence-electron chi connectivity index (χ2n) is 3.02. The van der Waals surface area contributed by atoms with Gasteiger partial charge in [-0.15, -0.1) is 0 Å². The molecule has 0 aliphatic rings. The molecule has 0 nitrogen and oxygen atoms in total. The lowest BCUT2D eigenvalue weighted by atomic mass is 10.1. The van der Waals surface area contributed by atoms with E-state index < -0.39 is 0 Å². The molecule has 1 aromatic carbocycles. The van der Waals surface area contributed by atoms with Crippen LogP contribution in [0.25, 0.3) is 0 Å². The molecule has 0 saturated heterocycles. The van der Waals surface area contributed by atoms with Crippen molar-refractivity contribution in [1.29, 1.82) is 0 Å². The van der Waals surface area contributed by atoms with E-state index in [1.54, 1.807) is 13.0 Å². The van der Waals surface area contributed by atoms with Gasteiger partial charge in [-0.05, 0) is 31.0 Å². The second-order valence-corrected chi connectivity index (χ2v) is 3.02. The highest BCUT2D eigenvalue weighted by Gasteiger charge is 1.95. The number of benzene rings is 1. The molecule has 0 aromatic heterocycles. The molecule has 0 amide bonds. The molecule has 0 aliphatic heterocycles. The van der Waals surface area contributed by atoms with Crippen molar-refractivity contribution < 1.29 is 4.39 Å². The molecular weight excluding hydrogens is 163 g/mol. The van der Waals surface area contributed by atoms with Crippen LogP contribution in [0.2, 0.25) is 0 Å². The monoisotopic (exact) mass is 176 g/mol. The van der Waals surface area contributed by atoms with Crippen molar-refractivity contribution in [2.45, 2.75) is 26.7 Å². The summed E-state index contributed by atoms with van der Waals surface area (Å²) < 4.78 is 13.0. The highest BCUT2D eigenvalue weighted by atomic mass is 19.1. The lowest BCUT2D eigenvalue weighted by Crippen LogP contribution is -1.83. The van der Waals surface area contributed by atoms with Gasteiger partial charge in [0.2, 0.25) is 0 Å². The van der Waals surface area contributed by atoms with Gasteiger partial charge in [-0.1, -0.05) is 24.8 Å². The molecule has 0 unspecified atom stereocenters. The maximum atomic E-state index is 13.0. The number of rotatable bonds is 1. The fourth-order valence-electron chi connectivity index (χ4n) is 0.960. The van der Waals surface area contributed by atoms with Crippen LogP contribution < -0.4 is 0 Å². The van der Waals surface area contributed by atoms with Crippen LogP contribution in [0.4, 0.5) is 4.39 Å². The second kappa shape index (κ2) is 4.67. The first kappa shape index (κ1) is 9.80. The van der Waals surface area contributed by atoms with Gasteiger partial charge in [0.05, 0.1) is 0 Å². The molecule has 0 N–H and O–H groups in total. The van der Waals surface area contributed by atoms with Crippen molar-refractivity contribution in [3.63, 3.8) is 0 Å². The van der Waals surface area contributed by atoms with Gasteiger partial charge in [-0.2, -0.15) is 0 Å². The van der Waals surface area contributed by atoms with Crippen molar-refractivity contribution in [1.82, 2.24) is 0 Å². The summed E-state index contributed by atoms with van der Waals surface area (Å²) in [6.07, 6.45) is 1.91. The third-order valence-corrected chi connectivity index (χ3v) is 1.78. The van der Waals surface area contributed by atoms with E-state index in [2.05, 4.69) is 18.8 Å². The van der Waals surface area contributed by atoms with E-state index in [0.717, 1.165) is 18.4 Å². The van der Waals surface area contributed by atoms with Crippen molar-refractivity contribution >= 4 is 0 Å². The van der Waals surface area contributed by atoms with Gasteiger partial charge >= 0.3 is 0 Å². The molecule has 0 radical (unpaired) electrons. The molecule has 0 spiro atoms. The van der Waals surface area contributed by atoms with E-state index in [1.807, 2.05) is 6.07 Å². The summed E-state index contributed by atoms with van der Waals surface area (Å²) in [6, 6.07) is 5.09. The van der Waals surface area contributed by atoms with Crippen LogP contribution >= 0.6 is 0 Å². The summed E-state index contributed by atoms with van der Waals surface area (Å²) in [6.45, 7) is 3.82. The van der Waals surface area contributed by atoms with Gasteiger partial charge in [0.1, 0.15) is 5.82 Å². The molecule has 0 saturated carbocycles. The fraction of sp³-hybridized carbons (Fsp3) is 0.333. The standard InChI is InChI=1S/C12H13F/c1-3-4-5-6-11-8-7-10(2)12(13)9-11/h7-9H,3-4H2,1-2H3. The predicted molar refractivity (Wildman–Crippen MR) is 52.9 cm³/mol. The Kier molecular flexibility index (Phi) is 3.52. The summed E-state index contributed by atoms with van der Waals surface area (Å²) in [5, 5.41) is 0. The highest BCUT2D eigenvalue weighted by molar-refractivity contribution is 5.36. The van der Waals surface area contributed by atoms with Crippen molar-refractivity contribution in [3.8, 4) is 11.8 Å². The Hall–Kier alpha value is -1.29. The first-order valence-electron chi connectivity index (χ1n) is 4.49. The fourth-order valence-corrected chi connectivity index (χ4v) is 0.960. The topological polar surface area (TPSA) is 0 Å². The molecule has 0 atom stereocenters. The van der Waals surface area contributed by atoms with E-state index in [4.69, 9.17) is 0 Å². The minimum Gasteiger partial charge on any atom is -0.207 e. The van der Waals surface area contributed by atoms with Gasteiger partial charge in [-0.3, -0.25) is 0 Å². The van der Waals surface area contributed by atoms with E-state index >= 15 is 0 Å². The normalized spacial score (nSPS) is 9.15. The van der Waals surface area contributed by atoms with Crippen LogP contribution in [0.15, 0.2) is 18.2 Å². The lowest BCUT2D eigenvalue weighted by Gasteiger charge is -1.95. The van der Waals surface area contributed by atoms with E-state index in [1.165, 1.54) is 6.07 Å². The first-order valence-corrected chi connectivity index (χ1v) is 4.49. The summed E-state index contributed by atoms with van der Waals surface area (Å²) in [7, 11) is 0.